The first-order chi connectivity index (χ1) is 7.78. The van der Waals surface area contributed by atoms with E-state index < -0.39 is 21.7 Å². The van der Waals surface area contributed by atoms with E-state index in [2.05, 4.69) is 4.90 Å². The Balaban J connectivity index is 2.53. The summed E-state index contributed by atoms with van der Waals surface area (Å²) >= 11 is 0. The minimum Gasteiger partial charge on any atom is -0.481 e. The van der Waals surface area contributed by atoms with Crippen LogP contribution in [0.1, 0.15) is 0 Å². The molecule has 0 aromatic carbocycles. The second-order valence-electron chi connectivity index (χ2n) is 4.73. The minimum atomic E-state index is -3.25. The van der Waals surface area contributed by atoms with Crippen LogP contribution in [0.2, 0.25) is 0 Å². The standard InChI is InChI=1S/C10H20N2O4S/c1-11-3-5-12(6-4-11)7-9(10(13)14)8-17(2,15)16/h9H,3-8H2,1-2H3,(H,13,14). The average molecular weight is 264 g/mol. The van der Waals surface area contributed by atoms with Crippen molar-refractivity contribution < 1.29 is 18.3 Å². The molecule has 0 aromatic heterocycles. The zero-order valence-electron chi connectivity index (χ0n) is 10.3. The van der Waals surface area contributed by atoms with Gasteiger partial charge in [0, 0.05) is 39.0 Å². The monoisotopic (exact) mass is 264 g/mol. The predicted octanol–water partition coefficient (Wildman–Crippen LogP) is -1.02. The zero-order valence-corrected chi connectivity index (χ0v) is 11.1. The topological polar surface area (TPSA) is 77.9 Å². The van der Waals surface area contributed by atoms with Crippen LogP contribution in [0.3, 0.4) is 0 Å². The van der Waals surface area contributed by atoms with Gasteiger partial charge in [-0.2, -0.15) is 0 Å². The van der Waals surface area contributed by atoms with Crippen molar-refractivity contribution in [1.29, 1.82) is 0 Å². The number of hydrogen-bond acceptors (Lipinski definition) is 5. The van der Waals surface area contributed by atoms with E-state index in [1.165, 1.54) is 0 Å². The number of aliphatic carboxylic acids is 1. The molecule has 0 bridgehead atoms. The van der Waals surface area contributed by atoms with Crippen LogP contribution in [0.15, 0.2) is 0 Å². The molecule has 1 aliphatic heterocycles. The quantitative estimate of drug-likeness (QED) is 0.685. The number of piperazine rings is 1. The average Bonchev–Trinajstić information content (AvgIpc) is 2.18. The van der Waals surface area contributed by atoms with E-state index in [1.807, 2.05) is 11.9 Å². The molecule has 0 spiro atoms. The Kier molecular flexibility index (Phi) is 4.91. The number of rotatable bonds is 5. The third-order valence-corrected chi connectivity index (χ3v) is 3.94. The molecule has 1 rings (SSSR count). The van der Waals surface area contributed by atoms with Crippen molar-refractivity contribution in [1.82, 2.24) is 9.80 Å². The number of carboxylic acids is 1. The van der Waals surface area contributed by atoms with Crippen molar-refractivity contribution >= 4 is 15.8 Å². The largest absolute Gasteiger partial charge is 0.481 e. The molecule has 100 valence electrons. The van der Waals surface area contributed by atoms with Gasteiger partial charge in [-0.15, -0.1) is 0 Å². The van der Waals surface area contributed by atoms with Crippen molar-refractivity contribution in [3.05, 3.63) is 0 Å². The van der Waals surface area contributed by atoms with Gasteiger partial charge in [-0.05, 0) is 7.05 Å². The molecule has 1 aliphatic rings. The van der Waals surface area contributed by atoms with Gasteiger partial charge in [0.15, 0.2) is 0 Å². The summed E-state index contributed by atoms with van der Waals surface area (Å²) in [7, 11) is -1.23. The van der Waals surface area contributed by atoms with Gasteiger partial charge in [0.05, 0.1) is 11.7 Å². The van der Waals surface area contributed by atoms with Gasteiger partial charge < -0.3 is 10.0 Å². The van der Waals surface area contributed by atoms with Crippen LogP contribution in [-0.2, 0) is 14.6 Å². The summed E-state index contributed by atoms with van der Waals surface area (Å²) in [6.07, 6.45) is 1.08. The smallest absolute Gasteiger partial charge is 0.308 e. The summed E-state index contributed by atoms with van der Waals surface area (Å²) < 4.78 is 22.3. The van der Waals surface area contributed by atoms with Gasteiger partial charge in [-0.3, -0.25) is 9.69 Å². The molecule has 0 aliphatic carbocycles. The van der Waals surface area contributed by atoms with Gasteiger partial charge in [-0.25, -0.2) is 8.42 Å². The summed E-state index contributed by atoms with van der Waals surface area (Å²) in [6.45, 7) is 3.70. The van der Waals surface area contributed by atoms with E-state index in [0.29, 0.717) is 6.54 Å². The maximum absolute atomic E-state index is 11.1. The van der Waals surface area contributed by atoms with E-state index in [-0.39, 0.29) is 5.75 Å². The lowest BCUT2D eigenvalue weighted by atomic mass is 10.1. The molecular weight excluding hydrogens is 244 g/mol. The second-order valence-corrected chi connectivity index (χ2v) is 6.92. The van der Waals surface area contributed by atoms with Crippen LogP contribution >= 0.6 is 0 Å². The van der Waals surface area contributed by atoms with Crippen LogP contribution in [0.4, 0.5) is 0 Å². The van der Waals surface area contributed by atoms with Crippen molar-refractivity contribution in [3.63, 3.8) is 0 Å². The first kappa shape index (κ1) is 14.4. The Labute approximate surface area is 102 Å². The van der Waals surface area contributed by atoms with E-state index in [0.717, 1.165) is 32.4 Å². The van der Waals surface area contributed by atoms with Gasteiger partial charge in [0.2, 0.25) is 0 Å². The highest BCUT2D eigenvalue weighted by atomic mass is 32.2. The third kappa shape index (κ3) is 5.47. The van der Waals surface area contributed by atoms with Crippen molar-refractivity contribution in [2.24, 2.45) is 5.92 Å². The van der Waals surface area contributed by atoms with E-state index >= 15 is 0 Å². The molecule has 17 heavy (non-hydrogen) atoms. The lowest BCUT2D eigenvalue weighted by molar-refractivity contribution is -0.141. The first-order valence-corrected chi connectivity index (χ1v) is 7.65. The lowest BCUT2D eigenvalue weighted by Gasteiger charge is -2.33. The fraction of sp³-hybridized carbons (Fsp3) is 0.900. The van der Waals surface area contributed by atoms with Gasteiger partial charge >= 0.3 is 5.97 Å². The minimum absolute atomic E-state index is 0.283. The molecule has 0 aromatic rings. The highest BCUT2D eigenvalue weighted by molar-refractivity contribution is 7.90. The Hall–Kier alpha value is -0.660. The Bertz CT molecular complexity index is 361. The molecule has 1 heterocycles. The van der Waals surface area contributed by atoms with Crippen molar-refractivity contribution in [2.75, 3.05) is 51.8 Å². The van der Waals surface area contributed by atoms with E-state index in [1.54, 1.807) is 0 Å². The van der Waals surface area contributed by atoms with E-state index in [9.17, 15) is 13.2 Å². The lowest BCUT2D eigenvalue weighted by Crippen LogP contribution is -2.47. The molecule has 1 fully saturated rings. The third-order valence-electron chi connectivity index (χ3n) is 2.93. The molecule has 7 heteroatoms. The van der Waals surface area contributed by atoms with Crippen LogP contribution < -0.4 is 0 Å². The fourth-order valence-electron chi connectivity index (χ4n) is 1.91. The van der Waals surface area contributed by atoms with Gasteiger partial charge in [-0.1, -0.05) is 0 Å². The summed E-state index contributed by atoms with van der Waals surface area (Å²) in [5.41, 5.74) is 0. The maximum Gasteiger partial charge on any atom is 0.308 e. The molecule has 0 radical (unpaired) electrons. The second kappa shape index (κ2) is 5.79. The van der Waals surface area contributed by atoms with E-state index in [4.69, 9.17) is 5.11 Å². The molecule has 0 saturated carbocycles. The Morgan fingerprint density at radius 3 is 2.24 bits per heavy atom. The highest BCUT2D eigenvalue weighted by Gasteiger charge is 2.26. The molecule has 1 saturated heterocycles. The molecule has 6 nitrogen and oxygen atoms in total. The van der Waals surface area contributed by atoms with Crippen LogP contribution in [0, 0.1) is 5.92 Å². The number of likely N-dealkylation sites (N-methyl/N-ethyl adjacent to an activating group) is 1. The Morgan fingerprint density at radius 2 is 1.82 bits per heavy atom. The molecular formula is C10H20N2O4S. The summed E-state index contributed by atoms with van der Waals surface area (Å²) in [4.78, 5) is 15.2. The predicted molar refractivity (Wildman–Crippen MR) is 64.8 cm³/mol. The highest BCUT2D eigenvalue weighted by Crippen LogP contribution is 2.07. The molecule has 0 amide bonds. The number of carbonyl (C=O) groups is 1. The summed E-state index contributed by atoms with van der Waals surface area (Å²) in [6, 6.07) is 0. The number of sulfone groups is 1. The summed E-state index contributed by atoms with van der Waals surface area (Å²) in [5, 5.41) is 9.02. The summed E-state index contributed by atoms with van der Waals surface area (Å²) in [5.74, 6) is -2.14. The molecule has 1 N–H and O–H groups in total. The fourth-order valence-corrected chi connectivity index (χ4v) is 2.89. The molecule has 1 unspecified atom stereocenters. The van der Waals surface area contributed by atoms with Crippen molar-refractivity contribution in [3.8, 4) is 0 Å². The number of hydrogen-bond donors (Lipinski definition) is 1. The Morgan fingerprint density at radius 1 is 1.29 bits per heavy atom. The number of carboxylic acid groups (broad SMARTS) is 1. The van der Waals surface area contributed by atoms with Crippen molar-refractivity contribution in [2.45, 2.75) is 0 Å². The van der Waals surface area contributed by atoms with Gasteiger partial charge in [0.25, 0.3) is 0 Å². The first-order valence-electron chi connectivity index (χ1n) is 5.59. The van der Waals surface area contributed by atoms with Gasteiger partial charge in [0.1, 0.15) is 9.84 Å². The molecule has 1 atom stereocenters. The normalized spacial score (nSPS) is 21.3. The van der Waals surface area contributed by atoms with Crippen LogP contribution in [0.25, 0.3) is 0 Å². The maximum atomic E-state index is 11.1. The number of nitrogens with zero attached hydrogens (tertiary/aromatic N) is 2. The van der Waals surface area contributed by atoms with Crippen LogP contribution in [0.5, 0.6) is 0 Å². The zero-order chi connectivity index (χ0) is 13.1. The SMILES string of the molecule is CN1CCN(CC(CS(C)(=O)=O)C(=O)O)CC1. The van der Waals surface area contributed by atoms with Crippen LogP contribution in [-0.4, -0.2) is 81.1 Å².